The SMILES string of the molecule is Nc1nc(C2CCCCCC2)nc(-c2ccccc2)c1I. The lowest BCUT2D eigenvalue weighted by Crippen LogP contribution is -2.09. The fraction of sp³-hybridized carbons (Fsp3) is 0.412. The van der Waals surface area contributed by atoms with Crippen LogP contribution in [0.25, 0.3) is 11.3 Å². The molecule has 0 spiro atoms. The Hall–Kier alpha value is -1.17. The minimum Gasteiger partial charge on any atom is -0.383 e. The van der Waals surface area contributed by atoms with Gasteiger partial charge in [0.15, 0.2) is 0 Å². The largest absolute Gasteiger partial charge is 0.383 e. The van der Waals surface area contributed by atoms with Gasteiger partial charge in [-0.15, -0.1) is 0 Å². The Morgan fingerprint density at radius 3 is 2.29 bits per heavy atom. The van der Waals surface area contributed by atoms with E-state index in [0.717, 1.165) is 20.7 Å². The van der Waals surface area contributed by atoms with Crippen LogP contribution in [-0.4, -0.2) is 9.97 Å². The maximum Gasteiger partial charge on any atom is 0.141 e. The van der Waals surface area contributed by atoms with Crippen LogP contribution in [-0.2, 0) is 0 Å². The first-order valence-corrected chi connectivity index (χ1v) is 8.72. The summed E-state index contributed by atoms with van der Waals surface area (Å²) >= 11 is 2.25. The summed E-state index contributed by atoms with van der Waals surface area (Å²) in [5, 5.41) is 0. The highest BCUT2D eigenvalue weighted by atomic mass is 127. The van der Waals surface area contributed by atoms with E-state index in [4.69, 9.17) is 10.7 Å². The van der Waals surface area contributed by atoms with E-state index in [2.05, 4.69) is 39.7 Å². The third kappa shape index (κ3) is 3.36. The van der Waals surface area contributed by atoms with Crippen LogP contribution in [0.3, 0.4) is 0 Å². The van der Waals surface area contributed by atoms with E-state index in [1.54, 1.807) is 0 Å². The van der Waals surface area contributed by atoms with Crippen LogP contribution in [0, 0.1) is 3.57 Å². The summed E-state index contributed by atoms with van der Waals surface area (Å²) in [6.07, 6.45) is 7.60. The number of nitrogen functional groups attached to an aromatic ring is 1. The molecule has 1 heterocycles. The molecule has 0 aliphatic heterocycles. The van der Waals surface area contributed by atoms with Gasteiger partial charge >= 0.3 is 0 Å². The monoisotopic (exact) mass is 393 g/mol. The van der Waals surface area contributed by atoms with Crippen LogP contribution in [0.5, 0.6) is 0 Å². The molecule has 0 saturated heterocycles. The Kier molecular flexibility index (Phi) is 4.73. The fourth-order valence-electron chi connectivity index (χ4n) is 2.99. The zero-order valence-electron chi connectivity index (χ0n) is 12.1. The second-order valence-electron chi connectivity index (χ2n) is 5.68. The van der Waals surface area contributed by atoms with Crippen LogP contribution in [0.1, 0.15) is 50.3 Å². The van der Waals surface area contributed by atoms with Crippen molar-refractivity contribution < 1.29 is 0 Å². The fourth-order valence-corrected chi connectivity index (χ4v) is 3.54. The maximum atomic E-state index is 6.15. The lowest BCUT2D eigenvalue weighted by atomic mass is 9.99. The predicted molar refractivity (Wildman–Crippen MR) is 95.0 cm³/mol. The molecule has 4 heteroatoms. The minimum absolute atomic E-state index is 0.467. The molecule has 1 fully saturated rings. The third-order valence-corrected chi connectivity index (χ3v) is 5.23. The number of hydrogen-bond donors (Lipinski definition) is 1. The number of nitrogens with two attached hydrogens (primary N) is 1. The molecule has 21 heavy (non-hydrogen) atoms. The molecular formula is C17H20IN3. The van der Waals surface area contributed by atoms with Crippen molar-refractivity contribution in [1.82, 2.24) is 9.97 Å². The average molecular weight is 393 g/mol. The first-order chi connectivity index (χ1) is 10.3. The topological polar surface area (TPSA) is 51.8 Å². The molecule has 1 aliphatic carbocycles. The first-order valence-electron chi connectivity index (χ1n) is 7.64. The highest BCUT2D eigenvalue weighted by Gasteiger charge is 2.20. The normalized spacial score (nSPS) is 16.6. The van der Waals surface area contributed by atoms with Crippen LogP contribution in [0.2, 0.25) is 0 Å². The molecule has 1 aliphatic rings. The molecule has 0 radical (unpaired) electrons. The second-order valence-corrected chi connectivity index (χ2v) is 6.76. The van der Waals surface area contributed by atoms with Gasteiger partial charge < -0.3 is 5.73 Å². The van der Waals surface area contributed by atoms with E-state index in [9.17, 15) is 0 Å². The summed E-state index contributed by atoms with van der Waals surface area (Å²) in [5.74, 6) is 2.02. The molecule has 3 nitrogen and oxygen atoms in total. The summed E-state index contributed by atoms with van der Waals surface area (Å²) in [6, 6.07) is 10.3. The molecule has 0 amide bonds. The van der Waals surface area contributed by atoms with Gasteiger partial charge in [-0.2, -0.15) is 0 Å². The van der Waals surface area contributed by atoms with Gasteiger partial charge in [0, 0.05) is 11.5 Å². The lowest BCUT2D eigenvalue weighted by Gasteiger charge is -2.15. The van der Waals surface area contributed by atoms with E-state index in [1.807, 2.05) is 18.2 Å². The number of rotatable bonds is 2. The van der Waals surface area contributed by atoms with Crippen molar-refractivity contribution in [2.45, 2.75) is 44.4 Å². The van der Waals surface area contributed by atoms with E-state index in [-0.39, 0.29) is 0 Å². The highest BCUT2D eigenvalue weighted by molar-refractivity contribution is 14.1. The molecule has 1 aromatic carbocycles. The number of nitrogens with zero attached hydrogens (tertiary/aromatic N) is 2. The van der Waals surface area contributed by atoms with Crippen LogP contribution in [0.15, 0.2) is 30.3 Å². The lowest BCUT2D eigenvalue weighted by molar-refractivity contribution is 0.561. The van der Waals surface area contributed by atoms with E-state index in [1.165, 1.54) is 38.5 Å². The molecule has 1 saturated carbocycles. The zero-order valence-corrected chi connectivity index (χ0v) is 14.2. The first kappa shape index (κ1) is 14.8. The van der Waals surface area contributed by atoms with Crippen molar-refractivity contribution in [1.29, 1.82) is 0 Å². The Balaban J connectivity index is 2.01. The number of benzene rings is 1. The highest BCUT2D eigenvalue weighted by Crippen LogP contribution is 2.33. The molecule has 0 bridgehead atoms. The maximum absolute atomic E-state index is 6.15. The van der Waals surface area contributed by atoms with Gasteiger partial charge in [0.05, 0.1) is 9.26 Å². The number of anilines is 1. The van der Waals surface area contributed by atoms with Crippen molar-refractivity contribution in [2.75, 3.05) is 5.73 Å². The van der Waals surface area contributed by atoms with Crippen LogP contribution < -0.4 is 5.73 Å². The summed E-state index contributed by atoms with van der Waals surface area (Å²) in [7, 11) is 0. The Morgan fingerprint density at radius 1 is 0.952 bits per heavy atom. The third-order valence-electron chi connectivity index (χ3n) is 4.16. The summed E-state index contributed by atoms with van der Waals surface area (Å²) in [4.78, 5) is 9.45. The summed E-state index contributed by atoms with van der Waals surface area (Å²) < 4.78 is 0.955. The van der Waals surface area contributed by atoms with Gasteiger partial charge in [-0.05, 0) is 35.4 Å². The molecule has 0 unspecified atom stereocenters. The van der Waals surface area contributed by atoms with Gasteiger partial charge in [-0.1, -0.05) is 56.0 Å². The van der Waals surface area contributed by atoms with Crippen LogP contribution in [0.4, 0.5) is 5.82 Å². The Bertz CT molecular complexity index is 605. The molecule has 1 aromatic heterocycles. The van der Waals surface area contributed by atoms with Crippen molar-refractivity contribution in [3.63, 3.8) is 0 Å². The number of halogens is 1. The van der Waals surface area contributed by atoms with Crippen molar-refractivity contribution >= 4 is 28.4 Å². The van der Waals surface area contributed by atoms with Gasteiger partial charge in [0.2, 0.25) is 0 Å². The van der Waals surface area contributed by atoms with E-state index in [0.29, 0.717) is 11.7 Å². The van der Waals surface area contributed by atoms with E-state index < -0.39 is 0 Å². The molecule has 0 atom stereocenters. The molecule has 2 N–H and O–H groups in total. The number of aromatic nitrogens is 2. The predicted octanol–water partition coefficient (Wildman–Crippen LogP) is 4.77. The molecule has 2 aromatic rings. The zero-order chi connectivity index (χ0) is 14.7. The van der Waals surface area contributed by atoms with Crippen molar-refractivity contribution in [2.24, 2.45) is 0 Å². The summed E-state index contributed by atoms with van der Waals surface area (Å²) in [6.45, 7) is 0. The minimum atomic E-state index is 0.467. The van der Waals surface area contributed by atoms with Gasteiger partial charge in [0.25, 0.3) is 0 Å². The van der Waals surface area contributed by atoms with Gasteiger partial charge in [0.1, 0.15) is 11.6 Å². The molecule has 110 valence electrons. The van der Waals surface area contributed by atoms with Crippen molar-refractivity contribution in [3.8, 4) is 11.3 Å². The quantitative estimate of drug-likeness (QED) is 0.591. The number of hydrogen-bond acceptors (Lipinski definition) is 3. The standard InChI is InChI=1S/C17H20IN3/c18-14-15(12-8-6-3-7-9-12)20-17(21-16(14)19)13-10-4-1-2-5-11-13/h3,6-9,13H,1-2,4-5,10-11H2,(H2,19,20,21). The second kappa shape index (κ2) is 6.73. The Labute approximate surface area is 139 Å². The Morgan fingerprint density at radius 2 is 1.62 bits per heavy atom. The summed E-state index contributed by atoms with van der Waals surface area (Å²) in [5.41, 5.74) is 8.24. The van der Waals surface area contributed by atoms with E-state index >= 15 is 0 Å². The van der Waals surface area contributed by atoms with Crippen molar-refractivity contribution in [3.05, 3.63) is 39.7 Å². The molecular weight excluding hydrogens is 373 g/mol. The average Bonchev–Trinajstić information content (AvgIpc) is 2.80. The van der Waals surface area contributed by atoms with Gasteiger partial charge in [-0.25, -0.2) is 9.97 Å². The molecule has 3 rings (SSSR count). The smallest absolute Gasteiger partial charge is 0.141 e. The van der Waals surface area contributed by atoms with Gasteiger partial charge in [-0.3, -0.25) is 0 Å². The van der Waals surface area contributed by atoms with Crippen LogP contribution >= 0.6 is 22.6 Å².